The van der Waals surface area contributed by atoms with E-state index < -0.39 is 0 Å². The maximum absolute atomic E-state index is 8.78. The van der Waals surface area contributed by atoms with E-state index in [1.54, 1.807) is 6.20 Å². The second-order valence-corrected chi connectivity index (χ2v) is 3.56. The molecular weight excluding hydrogens is 190 g/mol. The van der Waals surface area contributed by atoms with Crippen molar-refractivity contribution in [2.45, 2.75) is 19.4 Å². The molecule has 3 N–H and O–H groups in total. The van der Waals surface area contributed by atoms with Crippen LogP contribution in [0.15, 0.2) is 24.5 Å². The summed E-state index contributed by atoms with van der Waals surface area (Å²) >= 11 is 0. The summed E-state index contributed by atoms with van der Waals surface area (Å²) in [7, 11) is 0. The highest BCUT2D eigenvalue weighted by atomic mass is 16.3. The predicted octanol–water partition coefficient (Wildman–Crippen LogP) is 0.854. The number of aromatic nitrogens is 1. The Labute approximate surface area is 90.7 Å². The van der Waals surface area contributed by atoms with Gasteiger partial charge in [-0.15, -0.1) is 0 Å². The zero-order valence-corrected chi connectivity index (χ0v) is 9.11. The minimum absolute atomic E-state index is 0.184. The highest BCUT2D eigenvalue weighted by Gasteiger charge is 1.96. The first kappa shape index (κ1) is 11.9. The number of anilines is 1. The maximum Gasteiger partial charge on any atom is 0.0581 e. The van der Waals surface area contributed by atoms with Gasteiger partial charge in [0.05, 0.1) is 12.3 Å². The molecular formula is C11H19N3O. The van der Waals surface area contributed by atoms with E-state index in [1.807, 2.05) is 25.3 Å². The van der Waals surface area contributed by atoms with Crippen LogP contribution < -0.4 is 10.6 Å². The van der Waals surface area contributed by atoms with Gasteiger partial charge in [0.25, 0.3) is 0 Å². The summed E-state index contributed by atoms with van der Waals surface area (Å²) in [5.41, 5.74) is 1.05. The van der Waals surface area contributed by atoms with Gasteiger partial charge in [-0.05, 0) is 32.0 Å². The van der Waals surface area contributed by atoms with Crippen molar-refractivity contribution < 1.29 is 5.11 Å². The standard InChI is InChI=1S/C11H19N3O/c1-10(9-15)13-6-3-7-14-11-4-2-5-12-8-11/h2,4-5,8,10,13-15H,3,6-7,9H2,1H3/t10-/m1/s1. The average Bonchev–Trinajstić information content (AvgIpc) is 2.29. The Balaban J connectivity index is 2.03. The fourth-order valence-electron chi connectivity index (χ4n) is 1.20. The monoisotopic (exact) mass is 209 g/mol. The van der Waals surface area contributed by atoms with Crippen LogP contribution in [0.25, 0.3) is 0 Å². The molecule has 0 unspecified atom stereocenters. The lowest BCUT2D eigenvalue weighted by Gasteiger charge is -2.10. The first-order valence-corrected chi connectivity index (χ1v) is 5.31. The summed E-state index contributed by atoms with van der Waals surface area (Å²) in [5.74, 6) is 0. The number of aliphatic hydroxyl groups is 1. The molecule has 1 atom stereocenters. The molecule has 0 saturated heterocycles. The Morgan fingerprint density at radius 1 is 1.47 bits per heavy atom. The third kappa shape index (κ3) is 5.34. The Kier molecular flexibility index (Phi) is 5.73. The van der Waals surface area contributed by atoms with Gasteiger partial charge in [-0.2, -0.15) is 0 Å². The second kappa shape index (κ2) is 7.20. The van der Waals surface area contributed by atoms with Crippen molar-refractivity contribution in [3.05, 3.63) is 24.5 Å². The van der Waals surface area contributed by atoms with Gasteiger partial charge >= 0.3 is 0 Å². The fourth-order valence-corrected chi connectivity index (χ4v) is 1.20. The molecule has 4 nitrogen and oxygen atoms in total. The lowest BCUT2D eigenvalue weighted by Crippen LogP contribution is -2.30. The lowest BCUT2D eigenvalue weighted by atomic mass is 10.3. The number of nitrogens with zero attached hydrogens (tertiary/aromatic N) is 1. The number of hydrogen-bond acceptors (Lipinski definition) is 4. The van der Waals surface area contributed by atoms with Crippen LogP contribution in [0.5, 0.6) is 0 Å². The van der Waals surface area contributed by atoms with Crippen molar-refractivity contribution in [1.29, 1.82) is 0 Å². The number of aliphatic hydroxyl groups excluding tert-OH is 1. The summed E-state index contributed by atoms with van der Waals surface area (Å²) in [6.45, 7) is 3.98. The van der Waals surface area contributed by atoms with Crippen LogP contribution in [0, 0.1) is 0 Å². The van der Waals surface area contributed by atoms with E-state index in [2.05, 4.69) is 15.6 Å². The van der Waals surface area contributed by atoms with Gasteiger partial charge in [-0.25, -0.2) is 0 Å². The highest BCUT2D eigenvalue weighted by Crippen LogP contribution is 2.01. The van der Waals surface area contributed by atoms with Crippen molar-refractivity contribution in [3.63, 3.8) is 0 Å². The van der Waals surface area contributed by atoms with E-state index in [0.29, 0.717) is 0 Å². The van der Waals surface area contributed by atoms with Crippen molar-refractivity contribution in [3.8, 4) is 0 Å². The molecule has 1 aromatic heterocycles. The van der Waals surface area contributed by atoms with Gasteiger partial charge in [0.15, 0.2) is 0 Å². The molecule has 0 fully saturated rings. The molecule has 1 aromatic rings. The summed E-state index contributed by atoms with van der Waals surface area (Å²) < 4.78 is 0. The molecule has 0 radical (unpaired) electrons. The molecule has 0 aliphatic carbocycles. The smallest absolute Gasteiger partial charge is 0.0581 e. The topological polar surface area (TPSA) is 57.2 Å². The van der Waals surface area contributed by atoms with E-state index in [1.165, 1.54) is 0 Å². The van der Waals surface area contributed by atoms with Crippen molar-refractivity contribution in [2.75, 3.05) is 25.0 Å². The average molecular weight is 209 g/mol. The normalized spacial score (nSPS) is 12.4. The Bertz CT molecular complexity index is 253. The van der Waals surface area contributed by atoms with Gasteiger partial charge in [0, 0.05) is 25.0 Å². The molecule has 1 rings (SSSR count). The molecule has 4 heteroatoms. The largest absolute Gasteiger partial charge is 0.395 e. The highest BCUT2D eigenvalue weighted by molar-refractivity contribution is 5.39. The number of pyridine rings is 1. The summed E-state index contributed by atoms with van der Waals surface area (Å²) in [5, 5.41) is 15.3. The predicted molar refractivity (Wildman–Crippen MR) is 61.9 cm³/mol. The molecule has 0 bridgehead atoms. The second-order valence-electron chi connectivity index (χ2n) is 3.56. The van der Waals surface area contributed by atoms with Gasteiger partial charge in [-0.3, -0.25) is 4.98 Å². The molecule has 0 amide bonds. The van der Waals surface area contributed by atoms with E-state index in [4.69, 9.17) is 5.11 Å². The lowest BCUT2D eigenvalue weighted by molar-refractivity contribution is 0.252. The molecule has 0 saturated carbocycles. The first-order valence-electron chi connectivity index (χ1n) is 5.31. The Morgan fingerprint density at radius 3 is 3.00 bits per heavy atom. The fraction of sp³-hybridized carbons (Fsp3) is 0.545. The molecule has 1 heterocycles. The summed E-state index contributed by atoms with van der Waals surface area (Å²) in [4.78, 5) is 4.01. The number of nitrogens with one attached hydrogen (secondary N) is 2. The van der Waals surface area contributed by atoms with Crippen molar-refractivity contribution in [1.82, 2.24) is 10.3 Å². The molecule has 15 heavy (non-hydrogen) atoms. The van der Waals surface area contributed by atoms with Gasteiger partial charge in [-0.1, -0.05) is 0 Å². The van der Waals surface area contributed by atoms with Crippen LogP contribution in [0.4, 0.5) is 5.69 Å². The quantitative estimate of drug-likeness (QED) is 0.583. The minimum atomic E-state index is 0.184. The van der Waals surface area contributed by atoms with Crippen LogP contribution in [-0.2, 0) is 0 Å². The first-order chi connectivity index (χ1) is 7.33. The van der Waals surface area contributed by atoms with E-state index in [9.17, 15) is 0 Å². The molecule has 0 spiro atoms. The van der Waals surface area contributed by atoms with Crippen LogP contribution in [0.1, 0.15) is 13.3 Å². The van der Waals surface area contributed by atoms with Crippen molar-refractivity contribution >= 4 is 5.69 Å². The zero-order chi connectivity index (χ0) is 10.9. The molecule has 0 aromatic carbocycles. The Morgan fingerprint density at radius 2 is 2.33 bits per heavy atom. The van der Waals surface area contributed by atoms with Crippen LogP contribution in [-0.4, -0.2) is 35.8 Å². The number of hydrogen-bond donors (Lipinski definition) is 3. The van der Waals surface area contributed by atoms with Crippen LogP contribution in [0.3, 0.4) is 0 Å². The molecule has 84 valence electrons. The van der Waals surface area contributed by atoms with Crippen LogP contribution >= 0.6 is 0 Å². The third-order valence-corrected chi connectivity index (χ3v) is 2.11. The van der Waals surface area contributed by atoms with Crippen LogP contribution in [0.2, 0.25) is 0 Å². The summed E-state index contributed by atoms with van der Waals surface area (Å²) in [6.07, 6.45) is 4.60. The van der Waals surface area contributed by atoms with E-state index >= 15 is 0 Å². The Hall–Kier alpha value is -1.13. The molecule has 0 aliphatic heterocycles. The number of rotatable bonds is 7. The third-order valence-electron chi connectivity index (χ3n) is 2.11. The SMILES string of the molecule is C[C@H](CO)NCCCNc1cccnc1. The van der Waals surface area contributed by atoms with Crippen molar-refractivity contribution in [2.24, 2.45) is 0 Å². The zero-order valence-electron chi connectivity index (χ0n) is 9.11. The summed E-state index contributed by atoms with van der Waals surface area (Å²) in [6, 6.07) is 4.09. The van der Waals surface area contributed by atoms with E-state index in [0.717, 1.165) is 25.2 Å². The van der Waals surface area contributed by atoms with Gasteiger partial charge in [0.2, 0.25) is 0 Å². The molecule has 0 aliphatic rings. The minimum Gasteiger partial charge on any atom is -0.395 e. The van der Waals surface area contributed by atoms with Gasteiger partial charge < -0.3 is 15.7 Å². The van der Waals surface area contributed by atoms with E-state index in [-0.39, 0.29) is 12.6 Å². The van der Waals surface area contributed by atoms with Gasteiger partial charge in [0.1, 0.15) is 0 Å². The maximum atomic E-state index is 8.78.